The van der Waals surface area contributed by atoms with E-state index in [1.165, 1.54) is 0 Å². The van der Waals surface area contributed by atoms with Crippen molar-refractivity contribution in [2.24, 2.45) is 5.92 Å². The van der Waals surface area contributed by atoms with Crippen LogP contribution >= 0.6 is 11.8 Å². The highest BCUT2D eigenvalue weighted by molar-refractivity contribution is 7.98. The lowest BCUT2D eigenvalue weighted by Gasteiger charge is -2.09. The van der Waals surface area contributed by atoms with Gasteiger partial charge in [0.25, 0.3) is 11.5 Å². The summed E-state index contributed by atoms with van der Waals surface area (Å²) in [7, 11) is 0. The van der Waals surface area contributed by atoms with Crippen molar-refractivity contribution >= 4 is 17.7 Å². The SMILES string of the molecule is CC(C)CNC(=O)c1cccc(CSc2nc(C(F)(F)F)cc(=O)[nH]2)c1. The second-order valence-corrected chi connectivity index (χ2v) is 6.99. The maximum Gasteiger partial charge on any atom is 0.433 e. The molecule has 26 heavy (non-hydrogen) atoms. The van der Waals surface area contributed by atoms with Crippen molar-refractivity contribution in [3.63, 3.8) is 0 Å². The molecule has 0 saturated heterocycles. The maximum absolute atomic E-state index is 12.7. The minimum absolute atomic E-state index is 0.125. The van der Waals surface area contributed by atoms with Crippen LogP contribution in [0.1, 0.15) is 35.5 Å². The molecule has 5 nitrogen and oxygen atoms in total. The van der Waals surface area contributed by atoms with E-state index in [9.17, 15) is 22.8 Å². The molecule has 0 radical (unpaired) electrons. The van der Waals surface area contributed by atoms with E-state index in [1.807, 2.05) is 13.8 Å². The standard InChI is InChI=1S/C17H18F3N3O2S/c1-10(2)8-21-15(25)12-5-3-4-11(6-12)9-26-16-22-13(17(18,19)20)7-14(24)23-16/h3-7,10H,8-9H2,1-2H3,(H,21,25)(H,22,23,24). The summed E-state index contributed by atoms with van der Waals surface area (Å²) in [6, 6.07) is 7.19. The molecule has 2 N–H and O–H groups in total. The monoisotopic (exact) mass is 385 g/mol. The van der Waals surface area contributed by atoms with Crippen LogP contribution in [0, 0.1) is 5.92 Å². The molecular formula is C17H18F3N3O2S. The zero-order chi connectivity index (χ0) is 19.3. The second kappa shape index (κ2) is 8.39. The molecule has 2 aromatic rings. The van der Waals surface area contributed by atoms with Crippen molar-refractivity contribution in [3.05, 3.63) is 57.5 Å². The van der Waals surface area contributed by atoms with Crippen LogP contribution < -0.4 is 10.9 Å². The Labute approximate surface area is 152 Å². The number of nitrogens with zero attached hydrogens (tertiary/aromatic N) is 1. The predicted molar refractivity (Wildman–Crippen MR) is 93.0 cm³/mol. The third-order valence-electron chi connectivity index (χ3n) is 3.25. The van der Waals surface area contributed by atoms with Crippen LogP contribution in [0.2, 0.25) is 0 Å². The lowest BCUT2D eigenvalue weighted by molar-refractivity contribution is -0.141. The Hall–Kier alpha value is -2.29. The number of aromatic nitrogens is 2. The number of hydrogen-bond acceptors (Lipinski definition) is 4. The molecule has 0 aliphatic heterocycles. The zero-order valence-corrected chi connectivity index (χ0v) is 15.0. The molecule has 1 aromatic heterocycles. The molecule has 1 heterocycles. The summed E-state index contributed by atoms with van der Waals surface area (Å²) in [4.78, 5) is 29.2. The quantitative estimate of drug-likeness (QED) is 0.590. The summed E-state index contributed by atoms with van der Waals surface area (Å²) in [5, 5.41) is 2.67. The summed E-state index contributed by atoms with van der Waals surface area (Å²) < 4.78 is 38.1. The molecule has 1 amide bonds. The molecule has 0 spiro atoms. The van der Waals surface area contributed by atoms with Gasteiger partial charge in [-0.25, -0.2) is 4.98 Å². The Morgan fingerprint density at radius 2 is 2.04 bits per heavy atom. The number of rotatable bonds is 6. The van der Waals surface area contributed by atoms with Crippen molar-refractivity contribution in [2.75, 3.05) is 6.54 Å². The lowest BCUT2D eigenvalue weighted by Crippen LogP contribution is -2.27. The molecule has 0 unspecified atom stereocenters. The fourth-order valence-corrected chi connectivity index (χ4v) is 2.82. The van der Waals surface area contributed by atoms with Gasteiger partial charge in [0.1, 0.15) is 0 Å². The van der Waals surface area contributed by atoms with Gasteiger partial charge >= 0.3 is 6.18 Å². The molecule has 0 aliphatic carbocycles. The maximum atomic E-state index is 12.7. The molecule has 9 heteroatoms. The molecule has 0 aliphatic rings. The van der Waals surface area contributed by atoms with E-state index in [2.05, 4.69) is 15.3 Å². The van der Waals surface area contributed by atoms with Gasteiger partial charge in [-0.15, -0.1) is 0 Å². The topological polar surface area (TPSA) is 74.8 Å². The Morgan fingerprint density at radius 3 is 2.69 bits per heavy atom. The van der Waals surface area contributed by atoms with E-state index in [4.69, 9.17) is 0 Å². The number of thioether (sulfide) groups is 1. The van der Waals surface area contributed by atoms with Gasteiger partial charge in [-0.1, -0.05) is 37.7 Å². The third-order valence-corrected chi connectivity index (χ3v) is 4.19. The van der Waals surface area contributed by atoms with E-state index in [0.717, 1.165) is 17.3 Å². The number of carbonyl (C=O) groups is 1. The minimum Gasteiger partial charge on any atom is -0.352 e. The highest BCUT2D eigenvalue weighted by Gasteiger charge is 2.33. The number of hydrogen-bond donors (Lipinski definition) is 2. The van der Waals surface area contributed by atoms with Gasteiger partial charge in [-0.3, -0.25) is 9.59 Å². The van der Waals surface area contributed by atoms with Crippen LogP contribution in [0.15, 0.2) is 40.3 Å². The molecule has 1 aromatic carbocycles. The Balaban J connectivity index is 2.08. The van der Waals surface area contributed by atoms with E-state index in [-0.39, 0.29) is 16.8 Å². The van der Waals surface area contributed by atoms with Crippen molar-refractivity contribution < 1.29 is 18.0 Å². The summed E-state index contributed by atoms with van der Waals surface area (Å²) in [5.41, 5.74) is -0.899. The first-order valence-corrected chi connectivity index (χ1v) is 8.82. The average Bonchev–Trinajstić information content (AvgIpc) is 2.57. The summed E-state index contributed by atoms with van der Waals surface area (Å²) in [6.45, 7) is 4.51. The fraction of sp³-hybridized carbons (Fsp3) is 0.353. The van der Waals surface area contributed by atoms with Crippen LogP contribution in [-0.2, 0) is 11.9 Å². The summed E-state index contributed by atoms with van der Waals surface area (Å²) >= 11 is 0.958. The first-order valence-electron chi connectivity index (χ1n) is 7.83. The summed E-state index contributed by atoms with van der Waals surface area (Å²) in [6.07, 6.45) is -4.68. The Bertz CT molecular complexity index is 834. The molecule has 2 rings (SSSR count). The number of nitrogens with one attached hydrogen (secondary N) is 2. The number of amides is 1. The van der Waals surface area contributed by atoms with E-state index < -0.39 is 17.4 Å². The van der Waals surface area contributed by atoms with Crippen LogP contribution in [0.25, 0.3) is 0 Å². The van der Waals surface area contributed by atoms with E-state index in [0.29, 0.717) is 24.1 Å². The van der Waals surface area contributed by atoms with Crippen molar-refractivity contribution in [1.82, 2.24) is 15.3 Å². The van der Waals surface area contributed by atoms with E-state index >= 15 is 0 Å². The van der Waals surface area contributed by atoms with Crippen LogP contribution in [0.5, 0.6) is 0 Å². The van der Waals surface area contributed by atoms with Gasteiger partial charge in [0, 0.05) is 23.9 Å². The number of alkyl halides is 3. The number of halogens is 3. The largest absolute Gasteiger partial charge is 0.433 e. The number of carbonyl (C=O) groups excluding carboxylic acids is 1. The zero-order valence-electron chi connectivity index (χ0n) is 14.2. The normalized spacial score (nSPS) is 11.6. The minimum atomic E-state index is -4.68. The molecule has 140 valence electrons. The van der Waals surface area contributed by atoms with Crippen LogP contribution in [0.4, 0.5) is 13.2 Å². The van der Waals surface area contributed by atoms with Gasteiger partial charge in [-0.2, -0.15) is 13.2 Å². The molecule has 0 bridgehead atoms. The molecule has 0 atom stereocenters. The first-order chi connectivity index (χ1) is 12.1. The first kappa shape index (κ1) is 20.0. The van der Waals surface area contributed by atoms with Gasteiger partial charge in [0.05, 0.1) is 0 Å². The van der Waals surface area contributed by atoms with Crippen molar-refractivity contribution in [3.8, 4) is 0 Å². The fourth-order valence-electron chi connectivity index (χ4n) is 2.00. The van der Waals surface area contributed by atoms with Crippen molar-refractivity contribution in [2.45, 2.75) is 30.9 Å². The number of benzene rings is 1. The molecule has 0 fully saturated rings. The van der Waals surface area contributed by atoms with E-state index in [1.54, 1.807) is 24.3 Å². The second-order valence-electron chi connectivity index (χ2n) is 6.03. The van der Waals surface area contributed by atoms with Crippen molar-refractivity contribution in [1.29, 1.82) is 0 Å². The van der Waals surface area contributed by atoms with Gasteiger partial charge in [0.2, 0.25) is 0 Å². The van der Waals surface area contributed by atoms with Gasteiger partial charge in [-0.05, 0) is 23.6 Å². The Kier molecular flexibility index (Phi) is 6.47. The third kappa shape index (κ3) is 5.91. The molecule has 0 saturated carbocycles. The number of H-pyrrole nitrogens is 1. The average molecular weight is 385 g/mol. The predicted octanol–water partition coefficient (Wildman–Crippen LogP) is 3.47. The van der Waals surface area contributed by atoms with Gasteiger partial charge < -0.3 is 10.3 Å². The lowest BCUT2D eigenvalue weighted by atomic mass is 10.1. The highest BCUT2D eigenvalue weighted by Crippen LogP contribution is 2.28. The van der Waals surface area contributed by atoms with Gasteiger partial charge in [0.15, 0.2) is 10.9 Å². The molecular weight excluding hydrogens is 367 g/mol. The highest BCUT2D eigenvalue weighted by atomic mass is 32.2. The summed E-state index contributed by atoms with van der Waals surface area (Å²) in [5.74, 6) is 0.368. The van der Waals surface area contributed by atoms with Crippen LogP contribution in [0.3, 0.4) is 0 Å². The smallest absolute Gasteiger partial charge is 0.352 e. The Morgan fingerprint density at radius 1 is 1.31 bits per heavy atom. The number of aromatic amines is 1. The van der Waals surface area contributed by atoms with Crippen LogP contribution in [-0.4, -0.2) is 22.4 Å².